The van der Waals surface area contributed by atoms with Crippen molar-refractivity contribution in [2.24, 2.45) is 5.92 Å². The van der Waals surface area contributed by atoms with Crippen molar-refractivity contribution in [3.05, 3.63) is 42.0 Å². The Balaban J connectivity index is 1.60. The number of nitrogen functional groups attached to an aromatic ring is 1. The molecule has 4 rings (SSSR count). The van der Waals surface area contributed by atoms with Crippen LogP contribution < -0.4 is 10.5 Å². The Kier molecular flexibility index (Phi) is 5.86. The summed E-state index contributed by atoms with van der Waals surface area (Å²) in [4.78, 5) is 7.14. The average Bonchev–Trinajstić information content (AvgIpc) is 3.33. The molecule has 0 radical (unpaired) electrons. The Hall–Kier alpha value is -2.07. The second-order valence-electron chi connectivity index (χ2n) is 8.87. The number of hydrogen-bond acceptors (Lipinski definition) is 4. The quantitative estimate of drug-likeness (QED) is 0.759. The summed E-state index contributed by atoms with van der Waals surface area (Å²) in [7, 11) is 0. The van der Waals surface area contributed by atoms with Gasteiger partial charge in [0.15, 0.2) is 0 Å². The summed E-state index contributed by atoms with van der Waals surface area (Å²) >= 11 is 0. The molecule has 28 heavy (non-hydrogen) atoms. The second kappa shape index (κ2) is 8.52. The maximum absolute atomic E-state index is 6.50. The standard InChI is InChI=1S/C24H33N3O/c1-17(2)15-27-13-12-19(16-27)18-10-11-21(22-8-5-9-24(25)26-22)23(14-18)28-20-6-3-4-7-20/h5,8-11,14,17,19-20H,3-4,6-7,12-13,15-16H2,1-2H3,(H2,25,26). The number of anilines is 1. The topological polar surface area (TPSA) is 51.4 Å². The number of ether oxygens (including phenoxy) is 1. The number of nitrogens with zero attached hydrogens (tertiary/aromatic N) is 2. The van der Waals surface area contributed by atoms with E-state index < -0.39 is 0 Å². The molecule has 4 nitrogen and oxygen atoms in total. The molecule has 2 fully saturated rings. The van der Waals surface area contributed by atoms with Crippen LogP contribution in [0, 0.1) is 5.92 Å². The third-order valence-electron chi connectivity index (χ3n) is 6.02. The molecule has 1 unspecified atom stereocenters. The van der Waals surface area contributed by atoms with Gasteiger partial charge in [-0.15, -0.1) is 0 Å². The van der Waals surface area contributed by atoms with Crippen LogP contribution in [0.2, 0.25) is 0 Å². The van der Waals surface area contributed by atoms with Gasteiger partial charge in [0.2, 0.25) is 0 Å². The molecule has 1 aliphatic heterocycles. The van der Waals surface area contributed by atoms with Gasteiger partial charge in [0.25, 0.3) is 0 Å². The van der Waals surface area contributed by atoms with Gasteiger partial charge < -0.3 is 15.4 Å². The third kappa shape index (κ3) is 4.49. The van der Waals surface area contributed by atoms with Crippen molar-refractivity contribution in [1.29, 1.82) is 0 Å². The molecule has 1 aromatic carbocycles. The van der Waals surface area contributed by atoms with E-state index in [4.69, 9.17) is 10.5 Å². The lowest BCUT2D eigenvalue weighted by Gasteiger charge is -2.20. The minimum Gasteiger partial charge on any atom is -0.490 e. The normalized spacial score (nSPS) is 20.9. The van der Waals surface area contributed by atoms with Crippen LogP contribution in [0.5, 0.6) is 5.75 Å². The number of hydrogen-bond donors (Lipinski definition) is 1. The van der Waals surface area contributed by atoms with Crippen molar-refractivity contribution < 1.29 is 4.74 Å². The van der Waals surface area contributed by atoms with Crippen molar-refractivity contribution in [3.63, 3.8) is 0 Å². The summed E-state index contributed by atoms with van der Waals surface area (Å²) in [6, 6.07) is 12.6. The largest absolute Gasteiger partial charge is 0.490 e. The predicted molar refractivity (Wildman–Crippen MR) is 116 cm³/mol. The smallest absolute Gasteiger partial charge is 0.129 e. The van der Waals surface area contributed by atoms with E-state index in [0.29, 0.717) is 17.8 Å². The van der Waals surface area contributed by atoms with Crippen molar-refractivity contribution >= 4 is 5.82 Å². The van der Waals surface area contributed by atoms with Crippen molar-refractivity contribution in [2.75, 3.05) is 25.4 Å². The molecule has 0 spiro atoms. The Morgan fingerprint density at radius 2 is 1.96 bits per heavy atom. The highest BCUT2D eigenvalue weighted by molar-refractivity contribution is 5.69. The van der Waals surface area contributed by atoms with Crippen molar-refractivity contribution in [1.82, 2.24) is 9.88 Å². The molecule has 1 aliphatic carbocycles. The molecule has 1 saturated heterocycles. The minimum absolute atomic E-state index is 0.330. The van der Waals surface area contributed by atoms with E-state index in [1.165, 1.54) is 37.9 Å². The van der Waals surface area contributed by atoms with E-state index in [0.717, 1.165) is 42.3 Å². The minimum atomic E-state index is 0.330. The second-order valence-corrected chi connectivity index (χ2v) is 8.87. The van der Waals surface area contributed by atoms with E-state index in [9.17, 15) is 0 Å². The predicted octanol–water partition coefficient (Wildman–Crippen LogP) is 5.10. The zero-order valence-corrected chi connectivity index (χ0v) is 17.2. The first kappa shape index (κ1) is 19.3. The number of rotatable bonds is 6. The molecule has 2 heterocycles. The maximum atomic E-state index is 6.50. The molecular weight excluding hydrogens is 346 g/mol. The molecule has 0 amide bonds. The molecule has 1 saturated carbocycles. The molecule has 2 aliphatic rings. The number of benzene rings is 1. The van der Waals surface area contributed by atoms with E-state index in [1.54, 1.807) is 0 Å². The van der Waals surface area contributed by atoms with E-state index in [-0.39, 0.29) is 0 Å². The Morgan fingerprint density at radius 1 is 1.14 bits per heavy atom. The first-order valence-electron chi connectivity index (χ1n) is 10.8. The lowest BCUT2D eigenvalue weighted by atomic mass is 9.95. The van der Waals surface area contributed by atoms with Gasteiger partial charge in [0.05, 0.1) is 11.8 Å². The molecular formula is C24H33N3O. The third-order valence-corrected chi connectivity index (χ3v) is 6.02. The Labute approximate surface area is 169 Å². The molecule has 2 N–H and O–H groups in total. The fourth-order valence-electron chi connectivity index (χ4n) is 4.68. The van der Waals surface area contributed by atoms with E-state index in [2.05, 4.69) is 41.9 Å². The monoisotopic (exact) mass is 379 g/mol. The van der Waals surface area contributed by atoms with Gasteiger partial charge in [-0.2, -0.15) is 0 Å². The highest BCUT2D eigenvalue weighted by atomic mass is 16.5. The first-order valence-corrected chi connectivity index (χ1v) is 10.8. The first-order chi connectivity index (χ1) is 13.6. The molecule has 2 aromatic rings. The van der Waals surface area contributed by atoms with Gasteiger partial charge >= 0.3 is 0 Å². The highest BCUT2D eigenvalue weighted by Crippen LogP contribution is 2.37. The van der Waals surface area contributed by atoms with Crippen LogP contribution in [-0.2, 0) is 0 Å². The molecule has 1 atom stereocenters. The lowest BCUT2D eigenvalue weighted by Crippen LogP contribution is -2.24. The Morgan fingerprint density at radius 3 is 2.71 bits per heavy atom. The zero-order valence-electron chi connectivity index (χ0n) is 17.2. The summed E-state index contributed by atoms with van der Waals surface area (Å²) in [5, 5.41) is 0. The molecule has 1 aromatic heterocycles. The van der Waals surface area contributed by atoms with Gasteiger partial charge in [-0.05, 0) is 80.3 Å². The summed E-state index contributed by atoms with van der Waals surface area (Å²) in [6.45, 7) is 8.13. The Bertz CT molecular complexity index is 798. The summed E-state index contributed by atoms with van der Waals surface area (Å²) in [5.41, 5.74) is 9.28. The van der Waals surface area contributed by atoms with Gasteiger partial charge in [0, 0.05) is 18.7 Å². The molecule has 150 valence electrons. The fraction of sp³-hybridized carbons (Fsp3) is 0.542. The van der Waals surface area contributed by atoms with E-state index in [1.807, 2.05) is 18.2 Å². The average molecular weight is 380 g/mol. The number of likely N-dealkylation sites (tertiary alicyclic amines) is 1. The van der Waals surface area contributed by atoms with Crippen LogP contribution >= 0.6 is 0 Å². The fourth-order valence-corrected chi connectivity index (χ4v) is 4.68. The van der Waals surface area contributed by atoms with Gasteiger partial charge in [-0.1, -0.05) is 26.0 Å². The highest BCUT2D eigenvalue weighted by Gasteiger charge is 2.26. The van der Waals surface area contributed by atoms with Crippen LogP contribution in [-0.4, -0.2) is 35.6 Å². The van der Waals surface area contributed by atoms with Gasteiger partial charge in [0.1, 0.15) is 11.6 Å². The van der Waals surface area contributed by atoms with Gasteiger partial charge in [-0.3, -0.25) is 0 Å². The zero-order chi connectivity index (χ0) is 19.5. The number of aromatic nitrogens is 1. The van der Waals surface area contributed by atoms with Crippen LogP contribution in [0.15, 0.2) is 36.4 Å². The maximum Gasteiger partial charge on any atom is 0.129 e. The lowest BCUT2D eigenvalue weighted by molar-refractivity contribution is 0.210. The van der Waals surface area contributed by atoms with Gasteiger partial charge in [-0.25, -0.2) is 4.98 Å². The van der Waals surface area contributed by atoms with Crippen LogP contribution in [0.4, 0.5) is 5.82 Å². The van der Waals surface area contributed by atoms with Crippen LogP contribution in [0.3, 0.4) is 0 Å². The summed E-state index contributed by atoms with van der Waals surface area (Å²) < 4.78 is 6.50. The number of nitrogens with two attached hydrogens (primary N) is 1. The van der Waals surface area contributed by atoms with Crippen LogP contribution in [0.25, 0.3) is 11.3 Å². The van der Waals surface area contributed by atoms with Crippen molar-refractivity contribution in [3.8, 4) is 17.0 Å². The van der Waals surface area contributed by atoms with Crippen molar-refractivity contribution in [2.45, 2.75) is 58.0 Å². The summed E-state index contributed by atoms with van der Waals surface area (Å²) in [6.07, 6.45) is 6.40. The number of pyridine rings is 1. The molecule has 0 bridgehead atoms. The van der Waals surface area contributed by atoms with E-state index >= 15 is 0 Å². The summed E-state index contributed by atoms with van der Waals surface area (Å²) in [5.74, 6) is 2.84. The van der Waals surface area contributed by atoms with Crippen LogP contribution in [0.1, 0.15) is 57.4 Å². The SMILES string of the molecule is CC(C)CN1CCC(c2ccc(-c3cccc(N)n3)c(OC3CCCC3)c2)C1. The molecule has 4 heteroatoms.